The first-order valence-corrected chi connectivity index (χ1v) is 13.4. The van der Waals surface area contributed by atoms with Crippen LogP contribution in [0.1, 0.15) is 42.0 Å². The quantitative estimate of drug-likeness (QED) is 0.221. The van der Waals surface area contributed by atoms with Crippen LogP contribution in [0, 0.1) is 20.8 Å². The fraction of sp³-hybridized carbons (Fsp3) is 0.286. The molecule has 7 nitrogen and oxygen atoms in total. The summed E-state index contributed by atoms with van der Waals surface area (Å²) in [6.07, 6.45) is 3.56. The van der Waals surface area contributed by atoms with E-state index in [4.69, 9.17) is 4.74 Å². The summed E-state index contributed by atoms with van der Waals surface area (Å²) in [6.45, 7) is 8.00. The summed E-state index contributed by atoms with van der Waals surface area (Å²) in [5.74, 6) is 0.219. The second-order valence-electron chi connectivity index (χ2n) is 8.68. The molecule has 0 saturated heterocycles. The molecule has 0 aliphatic heterocycles. The molecular formula is C28H33N3O4S. The summed E-state index contributed by atoms with van der Waals surface area (Å²) in [5, 5.41) is 4.01. The van der Waals surface area contributed by atoms with Gasteiger partial charge in [-0.05, 0) is 80.8 Å². The minimum atomic E-state index is -3.99. The van der Waals surface area contributed by atoms with Crippen molar-refractivity contribution in [1.29, 1.82) is 0 Å². The first-order valence-electron chi connectivity index (χ1n) is 11.9. The number of nitrogens with zero attached hydrogens (tertiary/aromatic N) is 2. The third-order valence-electron chi connectivity index (χ3n) is 5.57. The highest BCUT2D eigenvalue weighted by Gasteiger charge is 2.28. The normalized spacial score (nSPS) is 11.4. The molecule has 0 saturated carbocycles. The third kappa shape index (κ3) is 7.18. The van der Waals surface area contributed by atoms with Crippen molar-refractivity contribution in [3.05, 3.63) is 89.0 Å². The molecule has 8 heteroatoms. The molecule has 0 radical (unpaired) electrons. The Bertz CT molecular complexity index is 1300. The molecule has 0 aromatic heterocycles. The molecule has 0 atom stereocenters. The zero-order chi connectivity index (χ0) is 26.1. The van der Waals surface area contributed by atoms with Crippen LogP contribution in [0.15, 0.2) is 76.7 Å². The van der Waals surface area contributed by atoms with Crippen molar-refractivity contribution in [3.8, 4) is 5.75 Å². The fourth-order valence-electron chi connectivity index (χ4n) is 3.55. The van der Waals surface area contributed by atoms with E-state index < -0.39 is 22.5 Å². The number of nitrogens with one attached hydrogen (secondary N) is 1. The lowest BCUT2D eigenvalue weighted by molar-refractivity contribution is -0.119. The number of rotatable bonds is 11. The van der Waals surface area contributed by atoms with Crippen LogP contribution in [0.5, 0.6) is 5.75 Å². The molecular weight excluding hydrogens is 474 g/mol. The number of sulfonamides is 1. The molecule has 0 aliphatic rings. The molecule has 0 unspecified atom stereocenters. The van der Waals surface area contributed by atoms with Crippen molar-refractivity contribution < 1.29 is 17.9 Å². The summed E-state index contributed by atoms with van der Waals surface area (Å²) >= 11 is 0. The monoisotopic (exact) mass is 507 g/mol. The summed E-state index contributed by atoms with van der Waals surface area (Å²) in [6, 6.07) is 19.3. The third-order valence-corrected chi connectivity index (χ3v) is 7.34. The van der Waals surface area contributed by atoms with E-state index in [1.165, 1.54) is 6.21 Å². The molecule has 0 bridgehead atoms. The first-order chi connectivity index (χ1) is 17.2. The van der Waals surface area contributed by atoms with Crippen molar-refractivity contribution in [1.82, 2.24) is 5.43 Å². The van der Waals surface area contributed by atoms with Gasteiger partial charge in [-0.1, -0.05) is 48.7 Å². The van der Waals surface area contributed by atoms with Crippen molar-refractivity contribution in [2.45, 2.75) is 45.4 Å². The van der Waals surface area contributed by atoms with E-state index in [0.29, 0.717) is 12.3 Å². The van der Waals surface area contributed by atoms with E-state index in [1.54, 1.807) is 30.3 Å². The molecule has 3 aromatic rings. The molecule has 0 heterocycles. The SMILES string of the molecule is CCCCOc1ccc(/C=N\NC(=O)CN(c2ccc(C)cc2C)S(=O)(=O)c2ccc(C)cc2)cc1. The van der Waals surface area contributed by atoms with Gasteiger partial charge in [0.2, 0.25) is 0 Å². The van der Waals surface area contributed by atoms with E-state index in [1.807, 2.05) is 57.2 Å². The van der Waals surface area contributed by atoms with Crippen LogP contribution in [-0.2, 0) is 14.8 Å². The number of amides is 1. The molecule has 3 rings (SSSR count). The topological polar surface area (TPSA) is 88.1 Å². The van der Waals surface area contributed by atoms with Gasteiger partial charge in [-0.3, -0.25) is 9.10 Å². The Kier molecular flexibility index (Phi) is 9.25. The molecule has 36 heavy (non-hydrogen) atoms. The molecule has 3 aromatic carbocycles. The van der Waals surface area contributed by atoms with E-state index >= 15 is 0 Å². The average molecular weight is 508 g/mol. The van der Waals surface area contributed by atoms with Gasteiger partial charge in [-0.15, -0.1) is 0 Å². The standard InChI is InChI=1S/C28H33N3O4S/c1-5-6-17-35-25-12-10-24(11-13-25)19-29-30-28(32)20-31(27-16-9-22(3)18-23(27)4)36(33,34)26-14-7-21(2)8-15-26/h7-16,18-19H,5-6,17,20H2,1-4H3,(H,30,32)/b29-19-. The van der Waals surface area contributed by atoms with Gasteiger partial charge in [0, 0.05) is 0 Å². The first kappa shape index (κ1) is 26.9. The number of aryl methyl sites for hydroxylation is 3. The Morgan fingerprint density at radius 1 is 0.972 bits per heavy atom. The average Bonchev–Trinajstić information content (AvgIpc) is 2.84. The minimum absolute atomic E-state index is 0.116. The maximum atomic E-state index is 13.5. The number of carbonyl (C=O) groups is 1. The van der Waals surface area contributed by atoms with Crippen LogP contribution in [0.2, 0.25) is 0 Å². The number of hydrazone groups is 1. The summed E-state index contributed by atoms with van der Waals surface area (Å²) in [5.41, 5.74) is 6.36. The van der Waals surface area contributed by atoms with E-state index in [2.05, 4.69) is 17.5 Å². The lowest BCUT2D eigenvalue weighted by Gasteiger charge is -2.25. The Morgan fingerprint density at radius 3 is 2.28 bits per heavy atom. The lowest BCUT2D eigenvalue weighted by Crippen LogP contribution is -2.40. The van der Waals surface area contributed by atoms with Crippen molar-refractivity contribution in [3.63, 3.8) is 0 Å². The van der Waals surface area contributed by atoms with Gasteiger partial charge in [0.1, 0.15) is 12.3 Å². The molecule has 1 N–H and O–H groups in total. The Morgan fingerprint density at radius 2 is 1.64 bits per heavy atom. The number of hydrogen-bond donors (Lipinski definition) is 1. The van der Waals surface area contributed by atoms with E-state index in [0.717, 1.165) is 45.2 Å². The van der Waals surface area contributed by atoms with Gasteiger partial charge in [0.15, 0.2) is 0 Å². The van der Waals surface area contributed by atoms with Crippen LogP contribution in [0.25, 0.3) is 0 Å². The molecule has 1 amide bonds. The lowest BCUT2D eigenvalue weighted by atomic mass is 10.1. The number of benzene rings is 3. The van der Waals surface area contributed by atoms with Crippen LogP contribution < -0.4 is 14.5 Å². The summed E-state index contributed by atoms with van der Waals surface area (Å²) in [4.78, 5) is 12.9. The van der Waals surface area contributed by atoms with Crippen LogP contribution >= 0.6 is 0 Å². The van der Waals surface area contributed by atoms with Gasteiger partial charge in [-0.25, -0.2) is 13.8 Å². The maximum Gasteiger partial charge on any atom is 0.264 e. The fourth-order valence-corrected chi connectivity index (χ4v) is 5.04. The summed E-state index contributed by atoms with van der Waals surface area (Å²) in [7, 11) is -3.99. The molecule has 0 spiro atoms. The predicted molar refractivity (Wildman–Crippen MR) is 144 cm³/mol. The number of hydrogen-bond acceptors (Lipinski definition) is 5. The Labute approximate surface area is 213 Å². The number of anilines is 1. The van der Waals surface area contributed by atoms with Crippen molar-refractivity contribution in [2.24, 2.45) is 5.10 Å². The summed E-state index contributed by atoms with van der Waals surface area (Å²) < 4.78 is 33.8. The minimum Gasteiger partial charge on any atom is -0.494 e. The Balaban J connectivity index is 1.75. The zero-order valence-electron chi connectivity index (χ0n) is 21.2. The zero-order valence-corrected chi connectivity index (χ0v) is 22.0. The number of ether oxygens (including phenoxy) is 1. The van der Waals surface area contributed by atoms with E-state index in [9.17, 15) is 13.2 Å². The molecule has 190 valence electrons. The highest BCUT2D eigenvalue weighted by atomic mass is 32.2. The highest BCUT2D eigenvalue weighted by Crippen LogP contribution is 2.27. The van der Waals surface area contributed by atoms with Crippen LogP contribution in [0.3, 0.4) is 0 Å². The van der Waals surface area contributed by atoms with Gasteiger partial charge in [0.05, 0.1) is 23.4 Å². The van der Waals surface area contributed by atoms with Gasteiger partial charge >= 0.3 is 0 Å². The predicted octanol–water partition coefficient (Wildman–Crippen LogP) is 5.14. The second kappa shape index (κ2) is 12.4. The van der Waals surface area contributed by atoms with Gasteiger partial charge in [0.25, 0.3) is 15.9 Å². The highest BCUT2D eigenvalue weighted by molar-refractivity contribution is 7.92. The molecule has 0 fully saturated rings. The van der Waals surface area contributed by atoms with Crippen molar-refractivity contribution >= 4 is 27.8 Å². The van der Waals surface area contributed by atoms with Gasteiger partial charge < -0.3 is 4.74 Å². The number of unbranched alkanes of at least 4 members (excludes halogenated alkanes) is 1. The van der Waals surface area contributed by atoms with Crippen LogP contribution in [-0.4, -0.2) is 33.7 Å². The molecule has 0 aliphatic carbocycles. The number of carbonyl (C=O) groups excluding carboxylic acids is 1. The van der Waals surface area contributed by atoms with Gasteiger partial charge in [-0.2, -0.15) is 5.10 Å². The Hall–Kier alpha value is -3.65. The van der Waals surface area contributed by atoms with Crippen molar-refractivity contribution in [2.75, 3.05) is 17.5 Å². The van der Waals surface area contributed by atoms with E-state index in [-0.39, 0.29) is 4.90 Å². The largest absolute Gasteiger partial charge is 0.494 e. The second-order valence-corrected chi connectivity index (χ2v) is 10.5. The van der Waals surface area contributed by atoms with Crippen LogP contribution in [0.4, 0.5) is 5.69 Å². The smallest absolute Gasteiger partial charge is 0.264 e. The maximum absolute atomic E-state index is 13.5.